The topological polar surface area (TPSA) is 49.8 Å². The Morgan fingerprint density at radius 3 is 2.82 bits per heavy atom. The molecule has 1 aliphatic rings. The molecule has 0 aromatic rings. The van der Waals surface area contributed by atoms with Gasteiger partial charge < -0.3 is 9.84 Å². The molecule has 0 aromatic heterocycles. The molecule has 17 heavy (non-hydrogen) atoms. The van der Waals surface area contributed by atoms with Crippen LogP contribution in [0.25, 0.3) is 0 Å². The Balaban J connectivity index is 2.72. The van der Waals surface area contributed by atoms with Crippen LogP contribution < -0.4 is 0 Å². The van der Waals surface area contributed by atoms with Crippen molar-refractivity contribution < 1.29 is 14.6 Å². The van der Waals surface area contributed by atoms with Gasteiger partial charge in [0.15, 0.2) is 0 Å². The van der Waals surface area contributed by atoms with Crippen LogP contribution in [-0.2, 0) is 9.53 Å². The van der Waals surface area contributed by atoms with Crippen LogP contribution in [0.3, 0.4) is 0 Å². The van der Waals surface area contributed by atoms with Gasteiger partial charge in [0, 0.05) is 19.0 Å². The summed E-state index contributed by atoms with van der Waals surface area (Å²) in [6, 6.07) is -0.0773. The predicted molar refractivity (Wildman–Crippen MR) is 66.6 cm³/mol. The van der Waals surface area contributed by atoms with Gasteiger partial charge in [0.2, 0.25) is 0 Å². The summed E-state index contributed by atoms with van der Waals surface area (Å²) in [5, 5.41) is 9.71. The highest BCUT2D eigenvalue weighted by Gasteiger charge is 2.40. The molecular formula is C13H23NO3. The SMILES string of the molecule is C=CC[C@@H](C)[C@H](C)N1C[C@@H](O)C[C@H]1C(=O)OC. The number of methoxy groups -OCH3 is 1. The molecule has 1 aliphatic heterocycles. The number of nitrogens with zero attached hydrogens (tertiary/aromatic N) is 1. The lowest BCUT2D eigenvalue weighted by Crippen LogP contribution is -2.45. The van der Waals surface area contributed by atoms with E-state index in [1.54, 1.807) is 0 Å². The van der Waals surface area contributed by atoms with Crippen LogP contribution in [0.1, 0.15) is 26.7 Å². The average Bonchev–Trinajstić information content (AvgIpc) is 2.69. The molecule has 0 saturated carbocycles. The molecule has 0 aliphatic carbocycles. The summed E-state index contributed by atoms with van der Waals surface area (Å²) in [6.45, 7) is 8.50. The maximum atomic E-state index is 11.7. The highest BCUT2D eigenvalue weighted by Crippen LogP contribution is 2.26. The normalized spacial score (nSPS) is 28.7. The molecule has 1 N–H and O–H groups in total. The molecule has 4 atom stereocenters. The van der Waals surface area contributed by atoms with Gasteiger partial charge in [0.05, 0.1) is 13.2 Å². The zero-order valence-corrected chi connectivity index (χ0v) is 10.9. The van der Waals surface area contributed by atoms with Crippen molar-refractivity contribution in [3.8, 4) is 0 Å². The zero-order chi connectivity index (χ0) is 13.0. The first-order valence-electron chi connectivity index (χ1n) is 6.13. The molecule has 4 nitrogen and oxygen atoms in total. The van der Waals surface area contributed by atoms with E-state index in [2.05, 4.69) is 20.4 Å². The second-order valence-corrected chi connectivity index (χ2v) is 4.87. The summed E-state index contributed by atoms with van der Waals surface area (Å²) in [7, 11) is 1.39. The minimum absolute atomic E-state index is 0.231. The number of carbonyl (C=O) groups excluding carboxylic acids is 1. The molecule has 0 bridgehead atoms. The molecule has 0 radical (unpaired) electrons. The van der Waals surface area contributed by atoms with E-state index in [1.807, 2.05) is 11.0 Å². The van der Waals surface area contributed by atoms with Crippen molar-refractivity contribution >= 4 is 5.97 Å². The van der Waals surface area contributed by atoms with Gasteiger partial charge in [-0.3, -0.25) is 9.69 Å². The van der Waals surface area contributed by atoms with Crippen LogP contribution in [-0.4, -0.2) is 47.8 Å². The van der Waals surface area contributed by atoms with Crippen LogP contribution in [0, 0.1) is 5.92 Å². The van der Waals surface area contributed by atoms with Crippen molar-refractivity contribution in [1.82, 2.24) is 4.90 Å². The number of ether oxygens (including phenoxy) is 1. The summed E-state index contributed by atoms with van der Waals surface area (Å²) in [6.07, 6.45) is 2.83. The Hall–Kier alpha value is -0.870. The fourth-order valence-electron chi connectivity index (χ4n) is 2.44. The number of likely N-dealkylation sites (tertiary alicyclic amines) is 1. The van der Waals surface area contributed by atoms with E-state index in [0.29, 0.717) is 18.9 Å². The fourth-order valence-corrected chi connectivity index (χ4v) is 2.44. The first-order chi connectivity index (χ1) is 8.01. The molecular weight excluding hydrogens is 218 g/mol. The molecule has 0 aromatic carbocycles. The van der Waals surface area contributed by atoms with E-state index in [4.69, 9.17) is 4.74 Å². The van der Waals surface area contributed by atoms with Gasteiger partial charge in [-0.1, -0.05) is 13.0 Å². The summed E-state index contributed by atoms with van der Waals surface area (Å²) in [5.74, 6) is 0.157. The second kappa shape index (κ2) is 6.17. The van der Waals surface area contributed by atoms with Gasteiger partial charge >= 0.3 is 5.97 Å². The Morgan fingerprint density at radius 2 is 2.29 bits per heavy atom. The second-order valence-electron chi connectivity index (χ2n) is 4.87. The van der Waals surface area contributed by atoms with Crippen molar-refractivity contribution in [3.05, 3.63) is 12.7 Å². The Morgan fingerprint density at radius 1 is 1.65 bits per heavy atom. The van der Waals surface area contributed by atoms with E-state index < -0.39 is 6.10 Å². The van der Waals surface area contributed by atoms with Gasteiger partial charge in [-0.25, -0.2) is 0 Å². The maximum absolute atomic E-state index is 11.7. The van der Waals surface area contributed by atoms with Crippen molar-refractivity contribution in [1.29, 1.82) is 0 Å². The smallest absolute Gasteiger partial charge is 0.323 e. The third kappa shape index (κ3) is 3.30. The van der Waals surface area contributed by atoms with Crippen LogP contribution in [0.2, 0.25) is 0 Å². The zero-order valence-electron chi connectivity index (χ0n) is 10.9. The molecule has 0 unspecified atom stereocenters. The molecule has 0 amide bonds. The van der Waals surface area contributed by atoms with Crippen LogP contribution in [0.15, 0.2) is 12.7 Å². The molecule has 1 rings (SSSR count). The van der Waals surface area contributed by atoms with Crippen molar-refractivity contribution in [2.45, 2.75) is 44.9 Å². The molecule has 1 saturated heterocycles. The lowest BCUT2D eigenvalue weighted by atomic mass is 9.98. The third-order valence-electron chi connectivity index (χ3n) is 3.68. The lowest BCUT2D eigenvalue weighted by Gasteiger charge is -2.32. The maximum Gasteiger partial charge on any atom is 0.323 e. The van der Waals surface area contributed by atoms with Crippen LogP contribution >= 0.6 is 0 Å². The number of allylic oxidation sites excluding steroid dienone is 1. The molecule has 1 fully saturated rings. The average molecular weight is 241 g/mol. The number of hydrogen-bond donors (Lipinski definition) is 1. The Labute approximate surface area is 103 Å². The standard InChI is InChI=1S/C13H23NO3/c1-5-6-9(2)10(3)14-8-11(15)7-12(14)13(16)17-4/h5,9-12,15H,1,6-8H2,2-4H3/t9-,10+,11+,12+/m1/s1. The number of β-amino-alcohol motifs (C(OH)–C–C–N with tert-alkyl or cyclic N) is 1. The highest BCUT2D eigenvalue weighted by atomic mass is 16.5. The van der Waals surface area contributed by atoms with E-state index in [-0.39, 0.29) is 18.1 Å². The minimum Gasteiger partial charge on any atom is -0.468 e. The summed E-state index contributed by atoms with van der Waals surface area (Å²) >= 11 is 0. The van der Waals surface area contributed by atoms with Crippen molar-refractivity contribution in [2.24, 2.45) is 5.92 Å². The summed E-state index contributed by atoms with van der Waals surface area (Å²) < 4.78 is 4.79. The van der Waals surface area contributed by atoms with Crippen molar-refractivity contribution in [2.75, 3.05) is 13.7 Å². The summed E-state index contributed by atoms with van der Waals surface area (Å²) in [5.41, 5.74) is 0. The molecule has 98 valence electrons. The number of rotatable bonds is 5. The Kier molecular flexibility index (Phi) is 5.15. The first-order valence-corrected chi connectivity index (χ1v) is 6.13. The van der Waals surface area contributed by atoms with E-state index in [0.717, 1.165) is 6.42 Å². The molecule has 4 heteroatoms. The number of aliphatic hydroxyl groups is 1. The van der Waals surface area contributed by atoms with E-state index in [1.165, 1.54) is 7.11 Å². The van der Waals surface area contributed by atoms with E-state index in [9.17, 15) is 9.90 Å². The minimum atomic E-state index is -0.433. The van der Waals surface area contributed by atoms with E-state index >= 15 is 0 Å². The number of carbonyl (C=O) groups is 1. The van der Waals surface area contributed by atoms with Gasteiger partial charge in [-0.05, 0) is 19.3 Å². The van der Waals surface area contributed by atoms with Gasteiger partial charge in [-0.15, -0.1) is 6.58 Å². The lowest BCUT2D eigenvalue weighted by molar-refractivity contribution is -0.146. The predicted octanol–water partition coefficient (Wildman–Crippen LogP) is 1.20. The number of esters is 1. The summed E-state index contributed by atoms with van der Waals surface area (Å²) in [4.78, 5) is 13.7. The van der Waals surface area contributed by atoms with Crippen molar-refractivity contribution in [3.63, 3.8) is 0 Å². The van der Waals surface area contributed by atoms with Crippen LogP contribution in [0.4, 0.5) is 0 Å². The monoisotopic (exact) mass is 241 g/mol. The molecule has 1 heterocycles. The van der Waals surface area contributed by atoms with Gasteiger partial charge in [0.1, 0.15) is 6.04 Å². The third-order valence-corrected chi connectivity index (χ3v) is 3.68. The van der Waals surface area contributed by atoms with Crippen LogP contribution in [0.5, 0.6) is 0 Å². The van der Waals surface area contributed by atoms with Gasteiger partial charge in [-0.2, -0.15) is 0 Å². The Bertz CT molecular complexity index is 280. The fraction of sp³-hybridized carbons (Fsp3) is 0.769. The van der Waals surface area contributed by atoms with Gasteiger partial charge in [0.25, 0.3) is 0 Å². The largest absolute Gasteiger partial charge is 0.468 e. The highest BCUT2D eigenvalue weighted by molar-refractivity contribution is 5.76. The first kappa shape index (κ1) is 14.2. The number of aliphatic hydroxyl groups excluding tert-OH is 1. The number of hydrogen-bond acceptors (Lipinski definition) is 4. The quantitative estimate of drug-likeness (QED) is 0.580. The molecule has 0 spiro atoms.